The van der Waals surface area contributed by atoms with E-state index in [-0.39, 0.29) is 5.75 Å². The number of nitrogens with one attached hydrogen (secondary N) is 1. The van der Waals surface area contributed by atoms with Gasteiger partial charge in [-0.2, -0.15) is 10.2 Å². The van der Waals surface area contributed by atoms with E-state index in [4.69, 9.17) is 14.6 Å². The highest BCUT2D eigenvalue weighted by Gasteiger charge is 2.48. The van der Waals surface area contributed by atoms with E-state index in [2.05, 4.69) is 15.5 Å². The number of carboxylic acid groups (broad SMARTS) is 1. The molecule has 2 aromatic rings. The van der Waals surface area contributed by atoms with Gasteiger partial charge in [0.05, 0.1) is 11.4 Å². The van der Waals surface area contributed by atoms with Crippen molar-refractivity contribution in [2.75, 3.05) is 12.4 Å². The summed E-state index contributed by atoms with van der Waals surface area (Å²) in [4.78, 5) is 11.1. The normalized spacial score (nSPS) is 27.0. The number of carbonyl (C=O) groups is 1. The lowest BCUT2D eigenvalue weighted by atomic mass is 9.99. The minimum atomic E-state index is -1.77. The molecule has 1 heterocycles. The molecule has 10 nitrogen and oxygen atoms in total. The van der Waals surface area contributed by atoms with Crippen molar-refractivity contribution in [1.29, 1.82) is 0 Å². The molecule has 1 aliphatic rings. The van der Waals surface area contributed by atoms with Gasteiger partial charge >= 0.3 is 5.97 Å². The fraction of sp³-hybridized carbons (Fsp3) is 0.316. The Hall–Kier alpha value is -3.05. The third-order valence-electron chi connectivity index (χ3n) is 4.34. The molecule has 2 aromatic carbocycles. The molecule has 0 saturated carbocycles. The summed E-state index contributed by atoms with van der Waals surface area (Å²) in [6.45, 7) is 0. The molecule has 10 heteroatoms. The lowest BCUT2D eigenvalue weighted by Crippen LogP contribution is -2.61. The van der Waals surface area contributed by atoms with E-state index in [0.29, 0.717) is 11.4 Å². The van der Waals surface area contributed by atoms with Crippen LogP contribution >= 0.6 is 0 Å². The minimum Gasteiger partial charge on any atom is -0.479 e. The molecule has 1 saturated heterocycles. The van der Waals surface area contributed by atoms with E-state index in [1.54, 1.807) is 12.1 Å². The number of ether oxygens (including phenoxy) is 2. The Kier molecular flexibility index (Phi) is 6.39. The molecule has 5 atom stereocenters. The highest BCUT2D eigenvalue weighted by atomic mass is 16.7. The number of benzene rings is 2. The number of hydrogen-bond donors (Lipinski definition) is 5. The van der Waals surface area contributed by atoms with Crippen molar-refractivity contribution in [3.05, 3.63) is 48.5 Å². The third-order valence-corrected chi connectivity index (χ3v) is 4.34. The fourth-order valence-corrected chi connectivity index (χ4v) is 2.69. The monoisotopic (exact) mass is 403 g/mol. The zero-order valence-electron chi connectivity index (χ0n) is 15.4. The highest BCUT2D eigenvalue weighted by Crippen LogP contribution is 2.27. The topological polar surface area (TPSA) is 153 Å². The van der Waals surface area contributed by atoms with Crippen molar-refractivity contribution < 1.29 is 34.7 Å². The van der Waals surface area contributed by atoms with Gasteiger partial charge in [-0.05, 0) is 48.5 Å². The molecule has 0 aromatic heterocycles. The number of nitrogens with zero attached hydrogens (tertiary/aromatic N) is 2. The number of hydrogen-bond acceptors (Lipinski definition) is 9. The van der Waals surface area contributed by atoms with Crippen molar-refractivity contribution in [3.8, 4) is 5.75 Å². The molecule has 154 valence electrons. The molecular formula is C19H21N3O7. The summed E-state index contributed by atoms with van der Waals surface area (Å²) in [5.41, 5.74) is 2.18. The Morgan fingerprint density at radius 2 is 1.48 bits per heavy atom. The van der Waals surface area contributed by atoms with Crippen LogP contribution < -0.4 is 10.1 Å². The van der Waals surface area contributed by atoms with Crippen LogP contribution in [0.3, 0.4) is 0 Å². The average molecular weight is 403 g/mol. The summed E-state index contributed by atoms with van der Waals surface area (Å²) < 4.78 is 10.5. The number of aliphatic hydroxyl groups excluding tert-OH is 3. The largest absolute Gasteiger partial charge is 0.479 e. The van der Waals surface area contributed by atoms with E-state index in [1.165, 1.54) is 12.1 Å². The van der Waals surface area contributed by atoms with Crippen molar-refractivity contribution in [1.82, 2.24) is 0 Å². The summed E-state index contributed by atoms with van der Waals surface area (Å²) in [6.07, 6.45) is -8.31. The van der Waals surface area contributed by atoms with Crippen LogP contribution in [0.25, 0.3) is 0 Å². The molecule has 0 bridgehead atoms. The van der Waals surface area contributed by atoms with Gasteiger partial charge in [-0.1, -0.05) is 0 Å². The first-order chi connectivity index (χ1) is 13.9. The molecular weight excluding hydrogens is 382 g/mol. The van der Waals surface area contributed by atoms with Crippen molar-refractivity contribution >= 4 is 23.0 Å². The second kappa shape index (κ2) is 8.97. The van der Waals surface area contributed by atoms with Gasteiger partial charge in [0.25, 0.3) is 0 Å². The van der Waals surface area contributed by atoms with Gasteiger partial charge < -0.3 is 35.2 Å². The fourth-order valence-electron chi connectivity index (χ4n) is 2.69. The predicted molar refractivity (Wildman–Crippen MR) is 102 cm³/mol. The number of rotatable bonds is 6. The third kappa shape index (κ3) is 4.87. The zero-order chi connectivity index (χ0) is 21.0. The summed E-state index contributed by atoms with van der Waals surface area (Å²) in [7, 11) is 1.82. The molecule has 0 amide bonds. The van der Waals surface area contributed by atoms with E-state index in [0.717, 1.165) is 5.69 Å². The van der Waals surface area contributed by atoms with Gasteiger partial charge in [-0.25, -0.2) is 4.79 Å². The number of carboxylic acids is 1. The molecule has 1 aliphatic heterocycles. The highest BCUT2D eigenvalue weighted by molar-refractivity contribution is 5.73. The Morgan fingerprint density at radius 3 is 2.00 bits per heavy atom. The smallest absolute Gasteiger partial charge is 0.335 e. The first kappa shape index (κ1) is 20.7. The Morgan fingerprint density at radius 1 is 0.931 bits per heavy atom. The lowest BCUT2D eigenvalue weighted by molar-refractivity contribution is -0.271. The van der Waals surface area contributed by atoms with E-state index in [9.17, 15) is 20.1 Å². The summed E-state index contributed by atoms with van der Waals surface area (Å²) in [5.74, 6) is -1.23. The Labute approximate surface area is 166 Å². The first-order valence-electron chi connectivity index (χ1n) is 8.78. The van der Waals surface area contributed by atoms with Crippen molar-refractivity contribution in [3.63, 3.8) is 0 Å². The first-order valence-corrected chi connectivity index (χ1v) is 8.78. The molecule has 1 unspecified atom stereocenters. The van der Waals surface area contributed by atoms with Crippen LogP contribution in [0.4, 0.5) is 17.1 Å². The molecule has 0 spiro atoms. The van der Waals surface area contributed by atoms with Gasteiger partial charge in [-0.3, -0.25) is 0 Å². The molecule has 0 aliphatic carbocycles. The quantitative estimate of drug-likeness (QED) is 0.454. The van der Waals surface area contributed by atoms with Gasteiger partial charge in [0.2, 0.25) is 6.29 Å². The standard InChI is InChI=1S/C19H21N3O7/c1-20-10-2-4-11(5-3-10)21-22-12-6-8-13(9-7-12)28-19-16(25)14(23)15(24)17(29-19)18(26)27/h2-9,14-17,19-20,23-25H,1H3,(H,26,27)/t14-,15-,16+,17-,19?/m0/s1. The Balaban J connectivity index is 1.65. The number of aliphatic hydroxyl groups is 3. The lowest BCUT2D eigenvalue weighted by Gasteiger charge is -2.38. The average Bonchev–Trinajstić information content (AvgIpc) is 2.73. The summed E-state index contributed by atoms with van der Waals surface area (Å²) in [5, 5.41) is 49.8. The molecule has 1 fully saturated rings. The van der Waals surface area contributed by atoms with Gasteiger partial charge in [-0.15, -0.1) is 0 Å². The maximum atomic E-state index is 11.1. The minimum absolute atomic E-state index is 0.249. The van der Waals surface area contributed by atoms with Crippen LogP contribution in [0.15, 0.2) is 58.8 Å². The number of anilines is 1. The summed E-state index contributed by atoms with van der Waals surface area (Å²) >= 11 is 0. The van der Waals surface area contributed by atoms with E-state index in [1.807, 2.05) is 31.3 Å². The van der Waals surface area contributed by atoms with Crippen molar-refractivity contribution in [2.24, 2.45) is 10.2 Å². The Bertz CT molecular complexity index is 857. The maximum Gasteiger partial charge on any atom is 0.335 e. The number of azo groups is 1. The van der Waals surface area contributed by atoms with Crippen LogP contribution in [0, 0.1) is 0 Å². The van der Waals surface area contributed by atoms with Crippen molar-refractivity contribution in [2.45, 2.75) is 30.7 Å². The molecule has 29 heavy (non-hydrogen) atoms. The second-order valence-electron chi connectivity index (χ2n) is 6.34. The van der Waals surface area contributed by atoms with Crippen LogP contribution in [0.1, 0.15) is 0 Å². The molecule has 0 radical (unpaired) electrons. The van der Waals surface area contributed by atoms with Crippen LogP contribution in [-0.4, -0.2) is 64.1 Å². The van der Waals surface area contributed by atoms with Gasteiger partial charge in [0.15, 0.2) is 6.10 Å². The second-order valence-corrected chi connectivity index (χ2v) is 6.34. The van der Waals surface area contributed by atoms with Crippen LogP contribution in [-0.2, 0) is 9.53 Å². The molecule has 5 N–H and O–H groups in total. The van der Waals surface area contributed by atoms with Crippen LogP contribution in [0.5, 0.6) is 5.75 Å². The van der Waals surface area contributed by atoms with Gasteiger partial charge in [0.1, 0.15) is 24.1 Å². The zero-order valence-corrected chi connectivity index (χ0v) is 15.4. The SMILES string of the molecule is CNc1ccc(N=Nc2ccc(OC3O[C@H](C(=O)O)[C@@H](O)[C@H](O)[C@H]3O)cc2)cc1. The van der Waals surface area contributed by atoms with E-state index >= 15 is 0 Å². The molecule has 3 rings (SSSR count). The predicted octanol–water partition coefficient (Wildman–Crippen LogP) is 1.41. The van der Waals surface area contributed by atoms with E-state index < -0.39 is 36.7 Å². The number of aliphatic carboxylic acids is 1. The summed E-state index contributed by atoms with van der Waals surface area (Å²) in [6, 6.07) is 13.6. The van der Waals surface area contributed by atoms with Crippen LogP contribution in [0.2, 0.25) is 0 Å². The maximum absolute atomic E-state index is 11.1. The van der Waals surface area contributed by atoms with Gasteiger partial charge in [0, 0.05) is 12.7 Å².